The van der Waals surface area contributed by atoms with E-state index in [2.05, 4.69) is 0 Å². The number of carbonyl (C=O) groups excluding carboxylic acids is 1. The molecule has 0 bridgehead atoms. The summed E-state index contributed by atoms with van der Waals surface area (Å²) in [5.74, 6) is 0.360. The Balaban J connectivity index is 1.92. The van der Waals surface area contributed by atoms with Crippen LogP contribution in [0.15, 0.2) is 42.0 Å². The summed E-state index contributed by atoms with van der Waals surface area (Å²) in [4.78, 5) is 14.5. The van der Waals surface area contributed by atoms with Gasteiger partial charge in [0.15, 0.2) is 17.3 Å². The second-order valence-corrected chi connectivity index (χ2v) is 5.84. The van der Waals surface area contributed by atoms with Gasteiger partial charge < -0.3 is 14.7 Å². The Hall–Kier alpha value is -2.75. The predicted octanol–water partition coefficient (Wildman–Crippen LogP) is 3.29. The maximum atomic E-state index is 12.5. The van der Waals surface area contributed by atoms with Crippen LogP contribution in [-0.2, 0) is 6.42 Å². The Bertz CT molecular complexity index is 789. The first-order valence-corrected chi connectivity index (χ1v) is 7.42. The van der Waals surface area contributed by atoms with E-state index in [1.165, 1.54) is 13.2 Å². The Morgan fingerprint density at radius 1 is 1.17 bits per heavy atom. The van der Waals surface area contributed by atoms with Gasteiger partial charge in [0.1, 0.15) is 0 Å². The number of anilines is 1. The second-order valence-electron chi connectivity index (χ2n) is 5.84. The van der Waals surface area contributed by atoms with Crippen LogP contribution in [0.2, 0.25) is 0 Å². The number of fused-ring (bicyclic) bond motifs is 1. The lowest BCUT2D eigenvalue weighted by atomic mass is 10.1. The molecule has 0 atom stereocenters. The van der Waals surface area contributed by atoms with Crippen LogP contribution in [0.4, 0.5) is 5.69 Å². The van der Waals surface area contributed by atoms with Gasteiger partial charge >= 0.3 is 0 Å². The van der Waals surface area contributed by atoms with Crippen molar-refractivity contribution in [1.82, 2.24) is 0 Å². The van der Waals surface area contributed by atoms with Gasteiger partial charge in [-0.1, -0.05) is 12.1 Å². The lowest BCUT2D eigenvalue weighted by molar-refractivity contribution is 0.104. The van der Waals surface area contributed by atoms with Gasteiger partial charge in [-0.05, 0) is 41.5 Å². The fourth-order valence-electron chi connectivity index (χ4n) is 2.78. The molecule has 0 unspecified atom stereocenters. The summed E-state index contributed by atoms with van der Waals surface area (Å²) < 4.78 is 5.11. The van der Waals surface area contributed by atoms with Crippen molar-refractivity contribution < 1.29 is 14.6 Å². The van der Waals surface area contributed by atoms with E-state index in [4.69, 9.17) is 4.74 Å². The van der Waals surface area contributed by atoms with E-state index in [-0.39, 0.29) is 11.5 Å². The SMILES string of the molecule is COc1cc2c(cc1O)C(=O)/C(=C/c1ccc(N(C)C)cc1)C2. The van der Waals surface area contributed by atoms with Crippen LogP contribution >= 0.6 is 0 Å². The number of hydrogen-bond donors (Lipinski definition) is 1. The molecule has 0 fully saturated rings. The maximum absolute atomic E-state index is 12.5. The predicted molar refractivity (Wildman–Crippen MR) is 91.4 cm³/mol. The van der Waals surface area contributed by atoms with Crippen LogP contribution in [0.5, 0.6) is 11.5 Å². The highest BCUT2D eigenvalue weighted by Gasteiger charge is 2.26. The molecule has 0 heterocycles. The molecule has 2 aromatic carbocycles. The highest BCUT2D eigenvalue weighted by molar-refractivity contribution is 6.15. The molecule has 1 aliphatic carbocycles. The number of aromatic hydroxyl groups is 1. The molecule has 1 N–H and O–H groups in total. The van der Waals surface area contributed by atoms with Gasteiger partial charge in [0.25, 0.3) is 0 Å². The monoisotopic (exact) mass is 309 g/mol. The minimum atomic E-state index is -0.0327. The molecule has 1 aliphatic rings. The average molecular weight is 309 g/mol. The van der Waals surface area contributed by atoms with Crippen molar-refractivity contribution in [2.45, 2.75) is 6.42 Å². The highest BCUT2D eigenvalue weighted by Crippen LogP contribution is 2.36. The molecule has 0 saturated heterocycles. The third-order valence-corrected chi connectivity index (χ3v) is 4.07. The number of phenolic OH excluding ortho intramolecular Hbond substituents is 1. The summed E-state index contributed by atoms with van der Waals surface area (Å²) in [6.45, 7) is 0. The zero-order valence-electron chi connectivity index (χ0n) is 13.5. The molecule has 0 radical (unpaired) electrons. The molecule has 2 aromatic rings. The van der Waals surface area contributed by atoms with E-state index in [9.17, 15) is 9.90 Å². The topological polar surface area (TPSA) is 49.8 Å². The molecule has 118 valence electrons. The zero-order chi connectivity index (χ0) is 16.6. The van der Waals surface area contributed by atoms with E-state index < -0.39 is 0 Å². The second kappa shape index (κ2) is 5.80. The first kappa shape index (κ1) is 15.2. The minimum absolute atomic E-state index is 0.00353. The molecule has 23 heavy (non-hydrogen) atoms. The van der Waals surface area contributed by atoms with Crippen LogP contribution in [-0.4, -0.2) is 32.1 Å². The average Bonchev–Trinajstić information content (AvgIpc) is 2.83. The van der Waals surface area contributed by atoms with Gasteiger partial charge in [-0.15, -0.1) is 0 Å². The van der Waals surface area contributed by atoms with Gasteiger partial charge in [0.05, 0.1) is 7.11 Å². The van der Waals surface area contributed by atoms with Gasteiger partial charge in [-0.3, -0.25) is 4.79 Å². The van der Waals surface area contributed by atoms with Crippen LogP contribution in [0.25, 0.3) is 6.08 Å². The highest BCUT2D eigenvalue weighted by atomic mass is 16.5. The molecule has 0 spiro atoms. The quantitative estimate of drug-likeness (QED) is 0.884. The summed E-state index contributed by atoms with van der Waals surface area (Å²) in [6, 6.07) is 11.3. The molecule has 0 amide bonds. The number of carbonyl (C=O) groups is 1. The van der Waals surface area contributed by atoms with Crippen LogP contribution < -0.4 is 9.64 Å². The van der Waals surface area contributed by atoms with E-state index in [0.29, 0.717) is 17.7 Å². The Kier molecular flexibility index (Phi) is 3.82. The van der Waals surface area contributed by atoms with E-state index in [0.717, 1.165) is 22.4 Å². The smallest absolute Gasteiger partial charge is 0.189 e. The van der Waals surface area contributed by atoms with E-state index in [1.54, 1.807) is 6.07 Å². The van der Waals surface area contributed by atoms with Gasteiger partial charge in [0, 0.05) is 37.3 Å². The molecule has 4 heteroatoms. The molecule has 0 saturated carbocycles. The van der Waals surface area contributed by atoms with Gasteiger partial charge in [-0.2, -0.15) is 0 Å². The number of ether oxygens (including phenoxy) is 1. The molecule has 0 aliphatic heterocycles. The van der Waals surface area contributed by atoms with Crippen molar-refractivity contribution in [2.75, 3.05) is 26.1 Å². The number of hydrogen-bond acceptors (Lipinski definition) is 4. The third-order valence-electron chi connectivity index (χ3n) is 4.07. The van der Waals surface area contributed by atoms with Crippen molar-refractivity contribution >= 4 is 17.5 Å². The first-order chi connectivity index (χ1) is 11.0. The number of rotatable bonds is 3. The number of benzene rings is 2. The van der Waals surface area contributed by atoms with Crippen LogP contribution in [0.1, 0.15) is 21.5 Å². The lowest BCUT2D eigenvalue weighted by Crippen LogP contribution is -2.07. The third kappa shape index (κ3) is 2.80. The van der Waals surface area contributed by atoms with Crippen molar-refractivity contribution in [2.24, 2.45) is 0 Å². The fourth-order valence-corrected chi connectivity index (χ4v) is 2.78. The van der Waals surface area contributed by atoms with Crippen LogP contribution in [0, 0.1) is 0 Å². The van der Waals surface area contributed by atoms with E-state index >= 15 is 0 Å². The number of phenols is 1. The van der Waals surface area contributed by atoms with Crippen molar-refractivity contribution in [3.05, 3.63) is 58.7 Å². The molecular weight excluding hydrogens is 290 g/mol. The van der Waals surface area contributed by atoms with Gasteiger partial charge in [0.2, 0.25) is 0 Å². The fraction of sp³-hybridized carbons (Fsp3) is 0.211. The standard InChI is InChI=1S/C19H19NO3/c1-20(2)15-6-4-12(5-7-15)8-14-9-13-10-18(23-3)17(21)11-16(13)19(14)22/h4-8,10-11,21H,9H2,1-3H3/b14-8+. The number of allylic oxidation sites excluding steroid dienone is 1. The number of nitrogens with zero attached hydrogens (tertiary/aromatic N) is 1. The van der Waals surface area contributed by atoms with E-state index in [1.807, 2.05) is 49.3 Å². The number of methoxy groups -OCH3 is 1. The maximum Gasteiger partial charge on any atom is 0.189 e. The zero-order valence-corrected chi connectivity index (χ0v) is 13.5. The molecule has 0 aromatic heterocycles. The van der Waals surface area contributed by atoms with Crippen molar-refractivity contribution in [3.63, 3.8) is 0 Å². The molecular formula is C19H19NO3. The summed E-state index contributed by atoms with van der Waals surface area (Å²) in [5.41, 5.74) is 4.27. The van der Waals surface area contributed by atoms with Crippen LogP contribution in [0.3, 0.4) is 0 Å². The summed E-state index contributed by atoms with van der Waals surface area (Å²) in [5, 5.41) is 9.85. The summed E-state index contributed by atoms with van der Waals surface area (Å²) >= 11 is 0. The largest absolute Gasteiger partial charge is 0.504 e. The molecule has 3 rings (SSSR count). The Labute approximate surface area is 135 Å². The normalized spacial score (nSPS) is 14.9. The Morgan fingerprint density at radius 2 is 1.87 bits per heavy atom. The summed E-state index contributed by atoms with van der Waals surface area (Å²) in [6.07, 6.45) is 2.46. The summed E-state index contributed by atoms with van der Waals surface area (Å²) in [7, 11) is 5.48. The van der Waals surface area contributed by atoms with Crippen molar-refractivity contribution in [1.29, 1.82) is 0 Å². The molecule has 4 nitrogen and oxygen atoms in total. The van der Waals surface area contributed by atoms with Gasteiger partial charge in [-0.25, -0.2) is 0 Å². The minimum Gasteiger partial charge on any atom is -0.504 e. The number of ketones is 1. The lowest BCUT2D eigenvalue weighted by Gasteiger charge is -2.11. The van der Waals surface area contributed by atoms with Crippen molar-refractivity contribution in [3.8, 4) is 11.5 Å². The first-order valence-electron chi connectivity index (χ1n) is 7.42. The Morgan fingerprint density at radius 3 is 2.48 bits per heavy atom. The number of Topliss-reactive ketones (excluding diaryl/α,β-unsaturated/α-hetero) is 1.